The van der Waals surface area contributed by atoms with Crippen LogP contribution in [0.4, 0.5) is 0 Å². The van der Waals surface area contributed by atoms with Crippen LogP contribution in [0.25, 0.3) is 0 Å². The van der Waals surface area contributed by atoms with E-state index < -0.39 is 82.7 Å². The van der Waals surface area contributed by atoms with E-state index in [1.165, 1.54) is 38.0 Å². The monoisotopic (exact) mass is 716 g/mol. The van der Waals surface area contributed by atoms with E-state index in [0.29, 0.717) is 0 Å². The van der Waals surface area contributed by atoms with Crippen molar-refractivity contribution in [2.45, 2.75) is 25.9 Å². The minimum atomic E-state index is -1.11. The van der Waals surface area contributed by atoms with E-state index in [2.05, 4.69) is 23.8 Å². The Morgan fingerprint density at radius 1 is 0.587 bits per heavy atom. The summed E-state index contributed by atoms with van der Waals surface area (Å²) < 4.78 is 0. The van der Waals surface area contributed by atoms with E-state index >= 15 is 0 Å². The Morgan fingerprint density at radius 3 is 1.24 bits per heavy atom. The molecule has 0 saturated carbocycles. The largest absolute Gasteiger partial charge is 0.347 e. The van der Waals surface area contributed by atoms with Crippen LogP contribution in [0.2, 0.25) is 0 Å². The first-order chi connectivity index (χ1) is 21.5. The molecule has 2 fully saturated rings. The number of carbonyl (C=O) groups excluding carboxylic acids is 8. The van der Waals surface area contributed by atoms with Crippen LogP contribution in [-0.2, 0) is 38.4 Å². The van der Waals surface area contributed by atoms with Crippen molar-refractivity contribution in [2.24, 2.45) is 11.8 Å². The Bertz CT molecular complexity index is 1200. The van der Waals surface area contributed by atoms with E-state index in [0.717, 1.165) is 54.9 Å². The fourth-order valence-electron chi connectivity index (χ4n) is 3.90. The normalized spacial score (nSPS) is 27.1. The predicted molar refractivity (Wildman–Crippen MR) is 181 cm³/mol. The molecule has 46 heavy (non-hydrogen) atoms. The molecule has 14 nitrogen and oxygen atoms in total. The van der Waals surface area contributed by atoms with Gasteiger partial charge in [0, 0.05) is 63.0 Å². The van der Waals surface area contributed by atoms with E-state index in [9.17, 15) is 38.4 Å². The van der Waals surface area contributed by atoms with Gasteiger partial charge in [0.1, 0.15) is 12.1 Å². The first-order valence-corrected chi connectivity index (χ1v) is 18.5. The maximum atomic E-state index is 13.7. The molecular weight excluding hydrogens is 677 g/mol. The number of nitrogens with zero attached hydrogens (tertiary/aromatic N) is 4. The van der Waals surface area contributed by atoms with Gasteiger partial charge in [0.2, 0.25) is 33.9 Å². The molecule has 254 valence electrons. The number of hydrogen-bond donors (Lipinski definition) is 2. The number of nitrogens with one attached hydrogen (secondary N) is 2. The Labute approximate surface area is 285 Å². The number of likely N-dealkylation sites (N-methyl/N-ethyl adjacent to an activating group) is 4. The maximum absolute atomic E-state index is 13.7. The Morgan fingerprint density at radius 2 is 0.913 bits per heavy atom. The van der Waals surface area contributed by atoms with E-state index in [-0.39, 0.29) is 34.4 Å². The van der Waals surface area contributed by atoms with Crippen LogP contribution in [0, 0.1) is 11.8 Å². The highest BCUT2D eigenvalue weighted by Gasteiger charge is 2.35. The van der Waals surface area contributed by atoms with Crippen molar-refractivity contribution in [1.29, 1.82) is 0 Å². The fourth-order valence-corrected chi connectivity index (χ4v) is 8.15. The second-order valence-electron chi connectivity index (χ2n) is 10.7. The van der Waals surface area contributed by atoms with Crippen LogP contribution in [0.1, 0.15) is 13.8 Å². The molecule has 2 aliphatic rings. The zero-order valence-electron chi connectivity index (χ0n) is 26.7. The molecule has 0 aromatic rings. The second-order valence-corrected chi connectivity index (χ2v) is 15.3. The van der Waals surface area contributed by atoms with Crippen LogP contribution in [0.15, 0.2) is 24.6 Å². The predicted octanol–water partition coefficient (Wildman–Crippen LogP) is 0.0174. The third kappa shape index (κ3) is 10.3. The summed E-state index contributed by atoms with van der Waals surface area (Å²) >= 11 is 1.56. The average molecular weight is 717 g/mol. The lowest BCUT2D eigenvalue weighted by molar-refractivity contribution is -0.142. The van der Waals surface area contributed by atoms with Gasteiger partial charge in [-0.1, -0.05) is 72.1 Å². The van der Waals surface area contributed by atoms with Gasteiger partial charge < -0.3 is 30.2 Å². The van der Waals surface area contributed by atoms with E-state index in [1.807, 2.05) is 0 Å². The Balaban J connectivity index is 2.57. The average Bonchev–Trinajstić information content (AvgIpc) is 3.04. The SMILES string of the molecule is C=C1C(=O)SC[C@@H](C)C(=O)NCC(=O)N(C)[C@H]2CSSC[C@@H](C(=O)N1C)N(C)C(=O)CNC(=O)[C@H](C)CSC(=O)C(=C)N(C)C2=O. The number of fused-ring (bicyclic) bond motifs is 5. The fraction of sp³-hybridized carbons (Fsp3) is 0.571. The van der Waals surface area contributed by atoms with Gasteiger partial charge in [0.05, 0.1) is 24.5 Å². The minimum absolute atomic E-state index is 0.0123. The molecule has 6 amide bonds. The van der Waals surface area contributed by atoms with Crippen LogP contribution < -0.4 is 10.6 Å². The zero-order chi connectivity index (χ0) is 34.9. The van der Waals surface area contributed by atoms with Gasteiger partial charge in [-0.15, -0.1) is 0 Å². The molecule has 0 unspecified atom stereocenters. The number of carbonyl (C=O) groups is 8. The van der Waals surface area contributed by atoms with Gasteiger partial charge in [-0.25, -0.2) is 0 Å². The van der Waals surface area contributed by atoms with Crippen molar-refractivity contribution < 1.29 is 38.4 Å². The third-order valence-corrected chi connectivity index (χ3v) is 12.1. The van der Waals surface area contributed by atoms with Gasteiger partial charge in [0.15, 0.2) is 0 Å². The Kier molecular flexibility index (Phi) is 15.2. The summed E-state index contributed by atoms with van der Waals surface area (Å²) in [5, 5.41) is 3.97. The number of thioether (sulfide) groups is 2. The lowest BCUT2D eigenvalue weighted by Crippen LogP contribution is -2.53. The lowest BCUT2D eigenvalue weighted by Gasteiger charge is -2.32. The summed E-state index contributed by atoms with van der Waals surface area (Å²) in [5.74, 6) is -4.70. The van der Waals surface area contributed by atoms with Crippen LogP contribution >= 0.6 is 45.1 Å². The summed E-state index contributed by atoms with van der Waals surface area (Å²) in [6.07, 6.45) is 0. The van der Waals surface area contributed by atoms with Gasteiger partial charge >= 0.3 is 0 Å². The van der Waals surface area contributed by atoms with E-state index in [1.54, 1.807) is 13.8 Å². The number of rotatable bonds is 0. The first-order valence-electron chi connectivity index (χ1n) is 14.1. The zero-order valence-corrected chi connectivity index (χ0v) is 29.9. The molecule has 2 N–H and O–H groups in total. The molecule has 18 heteroatoms. The number of hydrogen-bond acceptors (Lipinski definition) is 12. The van der Waals surface area contributed by atoms with E-state index in [4.69, 9.17) is 0 Å². The summed E-state index contributed by atoms with van der Waals surface area (Å²) in [6, 6.07) is -2.21. The molecule has 0 aromatic heterocycles. The van der Waals surface area contributed by atoms with Gasteiger partial charge in [-0.3, -0.25) is 38.4 Å². The third-order valence-electron chi connectivity index (χ3n) is 7.42. The highest BCUT2D eigenvalue weighted by atomic mass is 33.1. The highest BCUT2D eigenvalue weighted by Crippen LogP contribution is 2.28. The molecule has 0 aromatic carbocycles. The smallest absolute Gasteiger partial charge is 0.250 e. The molecule has 0 radical (unpaired) electrons. The lowest BCUT2D eigenvalue weighted by atomic mass is 10.2. The molecule has 2 rings (SSSR count). The minimum Gasteiger partial charge on any atom is -0.347 e. The molecule has 0 spiro atoms. The van der Waals surface area contributed by atoms with Gasteiger partial charge in [-0.2, -0.15) is 0 Å². The van der Waals surface area contributed by atoms with Crippen molar-refractivity contribution >= 4 is 90.8 Å². The summed E-state index contributed by atoms with van der Waals surface area (Å²) in [6.45, 7) is 9.81. The standard InChI is InChI=1S/C28H40N6O8S4/c1-15-11-43-27(41)17(3)31(5)25(39)20-14-46-45-13-19(33(7)21(35)9-29-23(15)37)26(40)32(6)18(4)28(42)44-12-16(2)24(38)30-10-22(36)34(20)8/h15-16,19-20H,3-4,9-14H2,1-2,5-8H3,(H,29,37)(H,30,38)/t15-,16-,19+,20+/m1/s1. The molecule has 4 atom stereocenters. The molecule has 2 heterocycles. The van der Waals surface area contributed by atoms with Crippen molar-refractivity contribution in [2.75, 3.05) is 64.3 Å². The highest BCUT2D eigenvalue weighted by molar-refractivity contribution is 8.76. The topological polar surface area (TPSA) is 174 Å². The van der Waals surface area contributed by atoms with Crippen molar-refractivity contribution in [3.8, 4) is 0 Å². The Hall–Kier alpha value is -2.96. The van der Waals surface area contributed by atoms with Gasteiger partial charge in [-0.05, 0) is 0 Å². The number of amides is 6. The molecule has 2 bridgehead atoms. The quantitative estimate of drug-likeness (QED) is 0.255. The molecule has 0 aliphatic carbocycles. The molecule has 2 aliphatic heterocycles. The maximum Gasteiger partial charge on any atom is 0.250 e. The summed E-state index contributed by atoms with van der Waals surface area (Å²) in [7, 11) is 7.81. The van der Waals surface area contributed by atoms with Crippen LogP contribution in [-0.4, -0.2) is 142 Å². The van der Waals surface area contributed by atoms with Crippen molar-refractivity contribution in [3.63, 3.8) is 0 Å². The van der Waals surface area contributed by atoms with Gasteiger partial charge in [0.25, 0.3) is 11.8 Å². The van der Waals surface area contributed by atoms with Crippen LogP contribution in [0.5, 0.6) is 0 Å². The summed E-state index contributed by atoms with van der Waals surface area (Å²) in [4.78, 5) is 109. The second kappa shape index (κ2) is 17.8. The molecular formula is C28H40N6O8S4. The van der Waals surface area contributed by atoms with Crippen molar-refractivity contribution in [1.82, 2.24) is 30.2 Å². The summed E-state index contributed by atoms with van der Waals surface area (Å²) in [5.41, 5.74) is -0.303. The first kappa shape index (κ1) is 39.2. The van der Waals surface area contributed by atoms with Crippen molar-refractivity contribution in [3.05, 3.63) is 24.6 Å². The molecule has 2 saturated heterocycles. The van der Waals surface area contributed by atoms with Crippen LogP contribution in [0.3, 0.4) is 0 Å².